The highest BCUT2D eigenvalue weighted by Crippen LogP contribution is 2.18. The molecule has 2 amide bonds. The molecule has 7 heteroatoms. The summed E-state index contributed by atoms with van der Waals surface area (Å²) in [6, 6.07) is 7.90. The lowest BCUT2D eigenvalue weighted by Crippen LogP contribution is -2.35. The Morgan fingerprint density at radius 1 is 1.31 bits per heavy atom. The van der Waals surface area contributed by atoms with Crippen LogP contribution in [0.25, 0.3) is 11.0 Å². The van der Waals surface area contributed by atoms with Crippen molar-refractivity contribution in [2.45, 2.75) is 58.1 Å². The van der Waals surface area contributed by atoms with Gasteiger partial charge in [0.15, 0.2) is 0 Å². The summed E-state index contributed by atoms with van der Waals surface area (Å²) >= 11 is 0. The Morgan fingerprint density at radius 2 is 2.14 bits per heavy atom. The van der Waals surface area contributed by atoms with Crippen molar-refractivity contribution in [2.75, 3.05) is 26.7 Å². The van der Waals surface area contributed by atoms with E-state index in [4.69, 9.17) is 9.72 Å². The second-order valence-electron chi connectivity index (χ2n) is 7.67. The van der Waals surface area contributed by atoms with E-state index in [1.165, 1.54) is 0 Å². The summed E-state index contributed by atoms with van der Waals surface area (Å²) < 4.78 is 7.43. The fourth-order valence-electron chi connectivity index (χ4n) is 3.62. The van der Waals surface area contributed by atoms with Crippen LogP contribution in [-0.4, -0.2) is 59.1 Å². The van der Waals surface area contributed by atoms with Gasteiger partial charge in [0.05, 0.1) is 11.0 Å². The van der Waals surface area contributed by atoms with Crippen LogP contribution in [0.1, 0.15) is 44.9 Å². The summed E-state index contributed by atoms with van der Waals surface area (Å²) in [7, 11) is 1.86. The van der Waals surface area contributed by atoms with Gasteiger partial charge in [0.1, 0.15) is 18.5 Å². The molecule has 2 aromatic rings. The van der Waals surface area contributed by atoms with Gasteiger partial charge >= 0.3 is 0 Å². The van der Waals surface area contributed by atoms with Crippen molar-refractivity contribution in [3.63, 3.8) is 0 Å². The van der Waals surface area contributed by atoms with Crippen molar-refractivity contribution >= 4 is 22.8 Å². The minimum Gasteiger partial charge on any atom is -0.368 e. The van der Waals surface area contributed by atoms with Crippen molar-refractivity contribution in [3.05, 3.63) is 30.1 Å². The van der Waals surface area contributed by atoms with Gasteiger partial charge in [0.2, 0.25) is 11.8 Å². The molecule has 1 aliphatic heterocycles. The molecule has 7 nitrogen and oxygen atoms in total. The van der Waals surface area contributed by atoms with Crippen molar-refractivity contribution in [1.82, 2.24) is 19.8 Å². The number of aromatic nitrogens is 2. The highest BCUT2D eigenvalue weighted by molar-refractivity contribution is 5.81. The van der Waals surface area contributed by atoms with Gasteiger partial charge in [-0.1, -0.05) is 25.5 Å². The van der Waals surface area contributed by atoms with E-state index in [1.54, 1.807) is 4.90 Å². The van der Waals surface area contributed by atoms with Gasteiger partial charge in [0.25, 0.3) is 0 Å². The lowest BCUT2D eigenvalue weighted by Gasteiger charge is -2.18. The van der Waals surface area contributed by atoms with E-state index in [-0.39, 0.29) is 17.9 Å². The van der Waals surface area contributed by atoms with Gasteiger partial charge in [0, 0.05) is 33.2 Å². The summed E-state index contributed by atoms with van der Waals surface area (Å²) in [4.78, 5) is 31.3. The number of carbonyl (C=O) groups is 2. The smallest absolute Gasteiger partial charge is 0.249 e. The van der Waals surface area contributed by atoms with E-state index in [0.717, 1.165) is 55.5 Å². The quantitative estimate of drug-likeness (QED) is 0.622. The molecule has 1 aromatic heterocycles. The maximum atomic E-state index is 12.7. The molecule has 3 rings (SSSR count). The number of para-hydroxylation sites is 2. The third-order valence-electron chi connectivity index (χ3n) is 5.40. The zero-order chi connectivity index (χ0) is 20.6. The highest BCUT2D eigenvalue weighted by Gasteiger charge is 2.23. The number of hydrogen-bond acceptors (Lipinski definition) is 4. The Kier molecular flexibility index (Phi) is 7.63. The van der Waals surface area contributed by atoms with E-state index in [1.807, 2.05) is 35.9 Å². The van der Waals surface area contributed by atoms with E-state index in [9.17, 15) is 9.59 Å². The molecule has 158 valence electrons. The summed E-state index contributed by atoms with van der Waals surface area (Å²) in [5.74, 6) is 0.952. The van der Waals surface area contributed by atoms with Crippen LogP contribution in [0, 0.1) is 0 Å². The molecule has 0 bridgehead atoms. The van der Waals surface area contributed by atoms with Gasteiger partial charge in [-0.25, -0.2) is 4.98 Å². The minimum atomic E-state index is -0.296. The minimum absolute atomic E-state index is 0.0243. The first-order chi connectivity index (χ1) is 14.1. The molecule has 1 saturated heterocycles. The van der Waals surface area contributed by atoms with E-state index < -0.39 is 0 Å². The Balaban J connectivity index is 1.61. The third kappa shape index (κ3) is 5.56. The number of aryl methyl sites for hydroxylation is 1. The Morgan fingerprint density at radius 3 is 2.90 bits per heavy atom. The second-order valence-corrected chi connectivity index (χ2v) is 7.67. The molecule has 0 aliphatic carbocycles. The number of likely N-dealkylation sites (N-methyl/N-ethyl adjacent to an activating group) is 1. The maximum Gasteiger partial charge on any atom is 0.249 e. The molecule has 1 fully saturated rings. The molecule has 29 heavy (non-hydrogen) atoms. The first-order valence-electron chi connectivity index (χ1n) is 10.7. The zero-order valence-electron chi connectivity index (χ0n) is 17.5. The number of amides is 2. The molecule has 0 radical (unpaired) electrons. The zero-order valence-corrected chi connectivity index (χ0v) is 17.5. The molecule has 1 unspecified atom stereocenters. The van der Waals surface area contributed by atoms with Crippen LogP contribution in [0.5, 0.6) is 0 Å². The number of nitrogens with zero attached hydrogens (tertiary/aromatic N) is 3. The fourth-order valence-corrected chi connectivity index (χ4v) is 3.62. The van der Waals surface area contributed by atoms with Crippen molar-refractivity contribution < 1.29 is 14.3 Å². The van der Waals surface area contributed by atoms with Crippen LogP contribution >= 0.6 is 0 Å². The van der Waals surface area contributed by atoms with Gasteiger partial charge in [-0.2, -0.15) is 0 Å². The van der Waals surface area contributed by atoms with Crippen LogP contribution in [0.4, 0.5) is 0 Å². The van der Waals surface area contributed by atoms with Crippen molar-refractivity contribution in [1.29, 1.82) is 0 Å². The predicted molar refractivity (Wildman–Crippen MR) is 113 cm³/mol. The number of carbonyl (C=O) groups excluding carboxylic acids is 2. The highest BCUT2D eigenvalue weighted by atomic mass is 16.5. The molecule has 0 spiro atoms. The average molecular weight is 401 g/mol. The first-order valence-corrected chi connectivity index (χ1v) is 10.7. The van der Waals surface area contributed by atoms with E-state index in [2.05, 4.69) is 12.2 Å². The number of rotatable bonds is 10. The largest absolute Gasteiger partial charge is 0.368 e. The van der Waals surface area contributed by atoms with Gasteiger partial charge in [-0.3, -0.25) is 9.59 Å². The van der Waals surface area contributed by atoms with Crippen LogP contribution in [0.2, 0.25) is 0 Å². The van der Waals surface area contributed by atoms with Gasteiger partial charge in [-0.15, -0.1) is 0 Å². The maximum absolute atomic E-state index is 12.7. The number of ether oxygens (including phenoxy) is 1. The Hall–Kier alpha value is -2.41. The van der Waals surface area contributed by atoms with E-state index in [0.29, 0.717) is 26.1 Å². The molecule has 2 heterocycles. The summed E-state index contributed by atoms with van der Waals surface area (Å²) in [6.07, 6.45) is 4.99. The third-order valence-corrected chi connectivity index (χ3v) is 5.40. The molecule has 1 aromatic carbocycles. The van der Waals surface area contributed by atoms with Crippen LogP contribution in [-0.2, 0) is 27.3 Å². The van der Waals surface area contributed by atoms with Gasteiger partial charge < -0.3 is 19.5 Å². The van der Waals surface area contributed by atoms with Crippen LogP contribution in [0.15, 0.2) is 24.3 Å². The summed E-state index contributed by atoms with van der Waals surface area (Å²) in [6.45, 7) is 4.43. The van der Waals surface area contributed by atoms with Gasteiger partial charge in [-0.05, 0) is 37.8 Å². The molecular formula is C22H32N4O3. The number of nitrogens with one attached hydrogen (secondary N) is 1. The summed E-state index contributed by atoms with van der Waals surface area (Å²) in [5.41, 5.74) is 1.87. The van der Waals surface area contributed by atoms with Crippen LogP contribution < -0.4 is 5.32 Å². The molecule has 1 N–H and O–H groups in total. The number of unbranched alkanes of at least 4 members (excludes halogenated alkanes) is 1. The molecule has 1 atom stereocenters. The monoisotopic (exact) mass is 400 g/mol. The average Bonchev–Trinajstić information content (AvgIpc) is 3.38. The Labute approximate surface area is 172 Å². The van der Waals surface area contributed by atoms with Crippen molar-refractivity contribution in [3.8, 4) is 0 Å². The van der Waals surface area contributed by atoms with Crippen molar-refractivity contribution in [2.24, 2.45) is 0 Å². The lowest BCUT2D eigenvalue weighted by atomic mass is 10.2. The molecule has 1 aliphatic rings. The first kappa shape index (κ1) is 21.3. The number of hydrogen-bond donors (Lipinski definition) is 1. The van der Waals surface area contributed by atoms with Crippen LogP contribution in [0.3, 0.4) is 0 Å². The number of benzene rings is 1. The Bertz CT molecular complexity index is 827. The normalized spacial score (nSPS) is 16.3. The predicted octanol–water partition coefficient (Wildman–Crippen LogP) is 2.52. The summed E-state index contributed by atoms with van der Waals surface area (Å²) in [5, 5.41) is 2.95. The standard InChI is InChI=1S/C22H32N4O3/c1-3-4-14-25(2)21(27)16-26-18-10-6-5-9-17(18)24-20(26)12-7-13-23-22(28)19-11-8-15-29-19/h5-6,9-10,19H,3-4,7-8,11-16H2,1-2H3,(H,23,28). The number of fused-ring (bicyclic) bond motifs is 1. The van der Waals surface area contributed by atoms with E-state index >= 15 is 0 Å². The molecule has 0 saturated carbocycles. The SMILES string of the molecule is CCCCN(C)C(=O)Cn1c(CCCNC(=O)C2CCCO2)nc2ccccc21. The fraction of sp³-hybridized carbons (Fsp3) is 0.591. The number of imidazole rings is 1. The second kappa shape index (κ2) is 10.4. The molecular weight excluding hydrogens is 368 g/mol. The topological polar surface area (TPSA) is 76.5 Å². The lowest BCUT2D eigenvalue weighted by molar-refractivity contribution is -0.131.